The van der Waals surface area contributed by atoms with Gasteiger partial charge in [-0.15, -0.1) is 0 Å². The molecule has 1 fully saturated rings. The number of rotatable bonds is 4. The topological polar surface area (TPSA) is 155 Å². The highest BCUT2D eigenvalue weighted by atomic mass is 31.2. The van der Waals surface area contributed by atoms with Crippen LogP contribution in [0.15, 0.2) is 15.8 Å². The van der Waals surface area contributed by atoms with Gasteiger partial charge in [0, 0.05) is 12.8 Å². The normalized spacial score (nSPS) is 27.8. The van der Waals surface area contributed by atoms with E-state index in [2.05, 4.69) is 4.52 Å². The maximum absolute atomic E-state index is 14.4. The summed E-state index contributed by atoms with van der Waals surface area (Å²) >= 11 is 0. The van der Waals surface area contributed by atoms with Gasteiger partial charge in [-0.1, -0.05) is 0 Å². The summed E-state index contributed by atoms with van der Waals surface area (Å²) in [7, 11) is -4.99. The number of phosphoric ester groups is 1. The van der Waals surface area contributed by atoms with Crippen LogP contribution in [0, 0.1) is 17.1 Å². The van der Waals surface area contributed by atoms with Crippen molar-refractivity contribution in [2.24, 2.45) is 0 Å². The van der Waals surface area contributed by atoms with Crippen LogP contribution in [0.5, 0.6) is 0 Å². The second kappa shape index (κ2) is 5.63. The van der Waals surface area contributed by atoms with Crippen LogP contribution in [0.4, 0.5) is 8.78 Å². The molecule has 0 spiro atoms. The van der Waals surface area contributed by atoms with Crippen molar-refractivity contribution < 1.29 is 32.4 Å². The third kappa shape index (κ3) is 3.54. The smallest absolute Gasteiger partial charge is 0.303 e. The Morgan fingerprint density at radius 3 is 2.74 bits per heavy atom. The molecule has 1 aliphatic rings. The van der Waals surface area contributed by atoms with Gasteiger partial charge in [-0.3, -0.25) is 18.9 Å². The zero-order valence-corrected chi connectivity index (χ0v) is 12.1. The van der Waals surface area contributed by atoms with Crippen molar-refractivity contribution in [2.75, 3.05) is 6.61 Å². The number of nitriles is 1. The molecule has 1 saturated heterocycles. The number of nitrogens with one attached hydrogen (secondary N) is 1. The Morgan fingerprint density at radius 2 is 2.17 bits per heavy atom. The summed E-state index contributed by atoms with van der Waals surface area (Å²) in [5.41, 5.74) is -4.83. The van der Waals surface area contributed by atoms with Crippen molar-refractivity contribution in [1.82, 2.24) is 9.55 Å². The molecule has 2 heterocycles. The molecule has 2 rings (SSSR count). The standard InChI is InChI=1S/C10H10F2N3O7P/c11-6-3-15(8(17)14-7(6)16)10(4-13)2-1-9(12,22-10)5-21-23(18,19)20/h3H,1-2,5H2,(H,14,16,17)(H2,18,19,20)/t9-,10-/m0/s1. The van der Waals surface area contributed by atoms with E-state index in [0.29, 0.717) is 10.8 Å². The van der Waals surface area contributed by atoms with E-state index >= 15 is 0 Å². The van der Waals surface area contributed by atoms with E-state index in [1.54, 1.807) is 4.98 Å². The van der Waals surface area contributed by atoms with Crippen LogP contribution >= 0.6 is 7.82 Å². The number of alkyl halides is 1. The number of hydrogen-bond donors (Lipinski definition) is 3. The second-order valence-corrected chi connectivity index (χ2v) is 5.99. The monoisotopic (exact) mass is 353 g/mol. The zero-order valence-electron chi connectivity index (χ0n) is 11.2. The lowest BCUT2D eigenvalue weighted by Crippen LogP contribution is -2.45. The quantitative estimate of drug-likeness (QED) is 0.608. The summed E-state index contributed by atoms with van der Waals surface area (Å²) in [6.07, 6.45) is -0.621. The van der Waals surface area contributed by atoms with Crippen LogP contribution in [0.2, 0.25) is 0 Å². The van der Waals surface area contributed by atoms with E-state index in [9.17, 15) is 28.2 Å². The van der Waals surface area contributed by atoms with Crippen LogP contribution < -0.4 is 11.2 Å². The fraction of sp³-hybridized carbons (Fsp3) is 0.500. The molecule has 0 saturated carbocycles. The molecule has 0 radical (unpaired) electrons. The molecule has 1 aromatic rings. The van der Waals surface area contributed by atoms with E-state index in [1.165, 1.54) is 6.07 Å². The van der Waals surface area contributed by atoms with Crippen LogP contribution in [0.3, 0.4) is 0 Å². The third-order valence-electron chi connectivity index (χ3n) is 3.10. The van der Waals surface area contributed by atoms with E-state index in [1.807, 2.05) is 0 Å². The van der Waals surface area contributed by atoms with Gasteiger partial charge in [0.15, 0.2) is 0 Å². The number of aromatic nitrogens is 2. The number of aromatic amines is 1. The fourth-order valence-electron chi connectivity index (χ4n) is 2.06. The van der Waals surface area contributed by atoms with Gasteiger partial charge < -0.3 is 14.5 Å². The summed E-state index contributed by atoms with van der Waals surface area (Å²) < 4.78 is 47.5. The van der Waals surface area contributed by atoms with Crippen molar-refractivity contribution >= 4 is 7.82 Å². The van der Waals surface area contributed by atoms with Gasteiger partial charge in [0.05, 0.1) is 6.20 Å². The largest absolute Gasteiger partial charge is 0.469 e. The number of ether oxygens (including phenoxy) is 1. The summed E-state index contributed by atoms with van der Waals surface area (Å²) in [5.74, 6) is -4.19. The molecular weight excluding hydrogens is 343 g/mol. The molecule has 0 unspecified atom stereocenters. The molecule has 23 heavy (non-hydrogen) atoms. The van der Waals surface area contributed by atoms with E-state index in [0.717, 1.165) is 0 Å². The van der Waals surface area contributed by atoms with Crippen LogP contribution in [0.1, 0.15) is 12.8 Å². The Labute approximate surface area is 126 Å². The van der Waals surface area contributed by atoms with Gasteiger partial charge in [-0.25, -0.2) is 13.8 Å². The molecule has 13 heteroatoms. The summed E-state index contributed by atoms with van der Waals surface area (Å²) in [6, 6.07) is 1.50. The lowest BCUT2D eigenvalue weighted by atomic mass is 10.1. The first kappa shape index (κ1) is 17.5. The van der Waals surface area contributed by atoms with Crippen LogP contribution in [0.25, 0.3) is 0 Å². The minimum atomic E-state index is -4.99. The maximum atomic E-state index is 14.4. The number of hydrogen-bond acceptors (Lipinski definition) is 6. The molecule has 0 amide bonds. The Balaban J connectivity index is 2.37. The van der Waals surface area contributed by atoms with E-state index in [4.69, 9.17) is 14.5 Å². The SMILES string of the molecule is N#C[C@]1(n2cc(F)c(=O)[nH]c2=O)CC[C@@](F)(COP(=O)(O)O)O1. The Morgan fingerprint density at radius 1 is 1.52 bits per heavy atom. The minimum absolute atomic E-state index is 0.364. The maximum Gasteiger partial charge on any atom is 0.469 e. The first-order chi connectivity index (χ1) is 10.5. The molecule has 0 aromatic carbocycles. The predicted molar refractivity (Wildman–Crippen MR) is 67.0 cm³/mol. The average Bonchev–Trinajstić information content (AvgIpc) is 2.80. The Kier molecular flexibility index (Phi) is 4.27. The molecule has 3 N–H and O–H groups in total. The third-order valence-corrected chi connectivity index (χ3v) is 3.57. The summed E-state index contributed by atoms with van der Waals surface area (Å²) in [6.45, 7) is -1.21. The minimum Gasteiger partial charge on any atom is -0.303 e. The molecule has 1 aromatic heterocycles. The van der Waals surface area contributed by atoms with E-state index in [-0.39, 0.29) is 0 Å². The number of H-pyrrole nitrogens is 1. The Hall–Kier alpha value is -1.90. The zero-order chi connectivity index (χ0) is 17.5. The highest BCUT2D eigenvalue weighted by Gasteiger charge is 2.53. The number of phosphoric acid groups is 1. The van der Waals surface area contributed by atoms with Crippen molar-refractivity contribution in [3.8, 4) is 6.07 Å². The molecule has 126 valence electrons. The predicted octanol–water partition coefficient (Wildman–Crippen LogP) is -0.562. The van der Waals surface area contributed by atoms with E-state index < -0.39 is 55.9 Å². The molecule has 0 aliphatic carbocycles. The number of halogens is 2. The van der Waals surface area contributed by atoms with Gasteiger partial charge in [-0.05, 0) is 0 Å². The lowest BCUT2D eigenvalue weighted by molar-refractivity contribution is -0.202. The van der Waals surface area contributed by atoms with Gasteiger partial charge in [0.1, 0.15) is 12.7 Å². The molecule has 2 atom stereocenters. The molecular formula is C10H10F2N3O7P. The highest BCUT2D eigenvalue weighted by Crippen LogP contribution is 2.45. The van der Waals surface area contributed by atoms with Crippen molar-refractivity contribution in [3.05, 3.63) is 32.9 Å². The summed E-state index contributed by atoms with van der Waals surface area (Å²) in [4.78, 5) is 41.4. The van der Waals surface area contributed by atoms with Crippen molar-refractivity contribution in [1.29, 1.82) is 5.26 Å². The molecule has 1 aliphatic heterocycles. The van der Waals surface area contributed by atoms with Crippen molar-refractivity contribution in [2.45, 2.75) is 24.4 Å². The van der Waals surface area contributed by atoms with Gasteiger partial charge >= 0.3 is 13.5 Å². The molecule has 0 bridgehead atoms. The number of nitrogens with zero attached hydrogens (tertiary/aromatic N) is 2. The Bertz CT molecular complexity index is 827. The van der Waals surface area contributed by atoms with Gasteiger partial charge in [-0.2, -0.15) is 9.65 Å². The van der Waals surface area contributed by atoms with Gasteiger partial charge in [0.25, 0.3) is 5.56 Å². The van der Waals surface area contributed by atoms with Crippen LogP contribution in [-0.4, -0.2) is 31.8 Å². The average molecular weight is 353 g/mol. The second-order valence-electron chi connectivity index (χ2n) is 4.75. The first-order valence-corrected chi connectivity index (χ1v) is 7.56. The van der Waals surface area contributed by atoms with Crippen LogP contribution in [-0.2, 0) is 19.6 Å². The van der Waals surface area contributed by atoms with Gasteiger partial charge in [0.2, 0.25) is 17.4 Å². The lowest BCUT2D eigenvalue weighted by Gasteiger charge is -2.26. The highest BCUT2D eigenvalue weighted by molar-refractivity contribution is 7.46. The molecule has 10 nitrogen and oxygen atoms in total. The van der Waals surface area contributed by atoms with Crippen molar-refractivity contribution in [3.63, 3.8) is 0 Å². The first-order valence-electron chi connectivity index (χ1n) is 6.03. The summed E-state index contributed by atoms with van der Waals surface area (Å²) in [5, 5.41) is 9.20. The fourth-order valence-corrected chi connectivity index (χ4v) is 2.42.